The molecule has 1 N–H and O–H groups in total. The van der Waals surface area contributed by atoms with Crippen molar-refractivity contribution < 1.29 is 9.90 Å². The highest BCUT2D eigenvalue weighted by atomic mass is 16.4. The Morgan fingerprint density at radius 2 is 2.00 bits per heavy atom. The van der Waals surface area contributed by atoms with E-state index in [2.05, 4.69) is 68.8 Å². The molecule has 0 aliphatic heterocycles. The lowest BCUT2D eigenvalue weighted by molar-refractivity contribution is 0.0696. The molecule has 0 bridgehead atoms. The predicted octanol–water partition coefficient (Wildman–Crippen LogP) is 5.66. The molecule has 1 aliphatic carbocycles. The van der Waals surface area contributed by atoms with Crippen molar-refractivity contribution >= 4 is 23.0 Å². The number of carboxylic acids is 1. The van der Waals surface area contributed by atoms with Crippen LogP contribution < -0.4 is 4.90 Å². The molecule has 1 heterocycles. The van der Waals surface area contributed by atoms with Crippen molar-refractivity contribution in [3.05, 3.63) is 59.3 Å². The summed E-state index contributed by atoms with van der Waals surface area (Å²) in [6, 6.07) is 10.0. The molecule has 0 amide bonds. The van der Waals surface area contributed by atoms with Crippen LogP contribution in [0.15, 0.2) is 42.6 Å². The summed E-state index contributed by atoms with van der Waals surface area (Å²) >= 11 is 0. The number of rotatable bonds is 5. The van der Waals surface area contributed by atoms with E-state index in [1.165, 1.54) is 22.9 Å². The number of carboxylic acid groups (broad SMARTS) is 1. The average molecular weight is 364 g/mol. The molecule has 0 fully saturated rings. The van der Waals surface area contributed by atoms with Gasteiger partial charge in [0.2, 0.25) is 0 Å². The van der Waals surface area contributed by atoms with Gasteiger partial charge in [0.25, 0.3) is 0 Å². The highest BCUT2D eigenvalue weighted by Crippen LogP contribution is 2.43. The molecular weight excluding hydrogens is 336 g/mol. The third kappa shape index (κ3) is 3.61. The lowest BCUT2D eigenvalue weighted by atomic mass is 9.71. The second-order valence-corrected chi connectivity index (χ2v) is 8.09. The van der Waals surface area contributed by atoms with E-state index in [1.807, 2.05) is 0 Å². The number of aromatic carboxylic acids is 1. The van der Waals surface area contributed by atoms with Crippen molar-refractivity contribution in [3.8, 4) is 0 Å². The number of hydrogen-bond acceptors (Lipinski definition) is 3. The van der Waals surface area contributed by atoms with Gasteiger partial charge in [-0.3, -0.25) is 0 Å². The molecule has 0 saturated carbocycles. The number of allylic oxidation sites excluding steroid dienone is 2. The van der Waals surface area contributed by atoms with Crippen LogP contribution in [0.1, 0.15) is 62.5 Å². The Hall–Kier alpha value is -2.62. The van der Waals surface area contributed by atoms with Gasteiger partial charge in [-0.15, -0.1) is 0 Å². The number of fused-ring (bicyclic) bond motifs is 1. The smallest absolute Gasteiger partial charge is 0.337 e. The third-order valence-electron chi connectivity index (χ3n) is 5.40. The van der Waals surface area contributed by atoms with Crippen LogP contribution in [0.2, 0.25) is 0 Å². The molecular formula is C23H28N2O2. The minimum Gasteiger partial charge on any atom is -0.478 e. The first-order valence-electron chi connectivity index (χ1n) is 9.56. The quantitative estimate of drug-likeness (QED) is 0.744. The second kappa shape index (κ2) is 7.18. The maximum Gasteiger partial charge on any atom is 0.337 e. The van der Waals surface area contributed by atoms with Gasteiger partial charge in [-0.05, 0) is 65.6 Å². The molecule has 0 spiro atoms. The normalized spacial score (nSPS) is 15.3. The summed E-state index contributed by atoms with van der Waals surface area (Å²) in [5, 5.41) is 9.09. The molecule has 2 aromatic rings. The van der Waals surface area contributed by atoms with E-state index in [1.54, 1.807) is 12.1 Å². The number of benzene rings is 1. The standard InChI is InChI=1S/C23H28N2O2/c1-6-25(21-10-7-16(14-24-21)22(26)27)17-8-9-20-19(13-17)18(15(2)3)11-12-23(20,4)5/h7-11,13-15H,6,12H2,1-5H3,(H,26,27). The lowest BCUT2D eigenvalue weighted by Gasteiger charge is -2.34. The van der Waals surface area contributed by atoms with Gasteiger partial charge in [0.15, 0.2) is 0 Å². The van der Waals surface area contributed by atoms with Gasteiger partial charge >= 0.3 is 5.97 Å². The minimum atomic E-state index is -0.958. The number of hydrogen-bond donors (Lipinski definition) is 1. The Morgan fingerprint density at radius 1 is 1.26 bits per heavy atom. The van der Waals surface area contributed by atoms with Crippen LogP contribution >= 0.6 is 0 Å². The maximum absolute atomic E-state index is 11.1. The van der Waals surface area contributed by atoms with E-state index >= 15 is 0 Å². The van der Waals surface area contributed by atoms with Gasteiger partial charge < -0.3 is 10.0 Å². The van der Waals surface area contributed by atoms with Gasteiger partial charge in [-0.25, -0.2) is 9.78 Å². The Labute approximate surface area is 161 Å². The molecule has 0 saturated heterocycles. The minimum absolute atomic E-state index is 0.130. The molecule has 142 valence electrons. The molecule has 4 nitrogen and oxygen atoms in total. The van der Waals surface area contributed by atoms with Crippen molar-refractivity contribution in [2.24, 2.45) is 5.92 Å². The van der Waals surface area contributed by atoms with E-state index in [9.17, 15) is 4.79 Å². The first kappa shape index (κ1) is 19.2. The Bertz CT molecular complexity index is 880. The largest absolute Gasteiger partial charge is 0.478 e. The van der Waals surface area contributed by atoms with Crippen LogP contribution in [-0.2, 0) is 5.41 Å². The molecule has 0 atom stereocenters. The van der Waals surface area contributed by atoms with E-state index in [0.717, 1.165) is 24.5 Å². The number of nitrogens with zero attached hydrogens (tertiary/aromatic N) is 2. The zero-order valence-corrected chi connectivity index (χ0v) is 16.8. The third-order valence-corrected chi connectivity index (χ3v) is 5.40. The van der Waals surface area contributed by atoms with E-state index < -0.39 is 5.97 Å². The van der Waals surface area contributed by atoms with Crippen molar-refractivity contribution in [3.63, 3.8) is 0 Å². The van der Waals surface area contributed by atoms with Gasteiger partial charge in [-0.1, -0.05) is 39.8 Å². The summed E-state index contributed by atoms with van der Waals surface area (Å²) in [4.78, 5) is 17.6. The zero-order valence-electron chi connectivity index (χ0n) is 16.8. The summed E-state index contributed by atoms with van der Waals surface area (Å²) in [5.41, 5.74) is 5.52. The zero-order chi connectivity index (χ0) is 19.8. The fourth-order valence-corrected chi connectivity index (χ4v) is 3.81. The molecule has 0 unspecified atom stereocenters. The Balaban J connectivity index is 2.05. The van der Waals surface area contributed by atoms with Crippen molar-refractivity contribution in [2.45, 2.75) is 46.5 Å². The lowest BCUT2D eigenvalue weighted by Crippen LogP contribution is -2.24. The van der Waals surface area contributed by atoms with Gasteiger partial charge in [0.1, 0.15) is 5.82 Å². The monoisotopic (exact) mass is 364 g/mol. The van der Waals surface area contributed by atoms with E-state index in [0.29, 0.717) is 5.92 Å². The van der Waals surface area contributed by atoms with Crippen LogP contribution in [0.25, 0.3) is 5.57 Å². The summed E-state index contributed by atoms with van der Waals surface area (Å²) < 4.78 is 0. The average Bonchev–Trinajstić information content (AvgIpc) is 2.62. The topological polar surface area (TPSA) is 53.4 Å². The van der Waals surface area contributed by atoms with Crippen LogP contribution in [0.4, 0.5) is 11.5 Å². The number of aromatic nitrogens is 1. The van der Waals surface area contributed by atoms with Crippen molar-refractivity contribution in [1.82, 2.24) is 4.98 Å². The Morgan fingerprint density at radius 3 is 2.56 bits per heavy atom. The molecule has 27 heavy (non-hydrogen) atoms. The maximum atomic E-state index is 11.1. The summed E-state index contributed by atoms with van der Waals surface area (Å²) in [6.07, 6.45) is 4.86. The SMILES string of the molecule is CCN(c1ccc2c(c1)C(C(C)C)=CCC2(C)C)c1ccc(C(=O)O)cn1. The van der Waals surface area contributed by atoms with Crippen LogP contribution in [0.3, 0.4) is 0 Å². The fraction of sp³-hybridized carbons (Fsp3) is 0.391. The summed E-state index contributed by atoms with van der Waals surface area (Å²) in [7, 11) is 0. The number of anilines is 2. The molecule has 1 aliphatic rings. The first-order valence-corrected chi connectivity index (χ1v) is 9.56. The van der Waals surface area contributed by atoms with E-state index in [4.69, 9.17) is 5.11 Å². The van der Waals surface area contributed by atoms with Gasteiger partial charge in [0.05, 0.1) is 5.56 Å². The van der Waals surface area contributed by atoms with Gasteiger partial charge in [-0.2, -0.15) is 0 Å². The predicted molar refractivity (Wildman–Crippen MR) is 111 cm³/mol. The molecule has 3 rings (SSSR count). The molecule has 0 radical (unpaired) electrons. The molecule has 1 aromatic heterocycles. The highest BCUT2D eigenvalue weighted by molar-refractivity contribution is 5.87. The number of pyridine rings is 1. The Kier molecular flexibility index (Phi) is 5.09. The van der Waals surface area contributed by atoms with Crippen LogP contribution in [0.5, 0.6) is 0 Å². The first-order chi connectivity index (χ1) is 12.7. The van der Waals surface area contributed by atoms with Crippen LogP contribution in [-0.4, -0.2) is 22.6 Å². The molecule has 4 heteroatoms. The van der Waals surface area contributed by atoms with E-state index in [-0.39, 0.29) is 11.0 Å². The van der Waals surface area contributed by atoms with Gasteiger partial charge in [0, 0.05) is 18.4 Å². The second-order valence-electron chi connectivity index (χ2n) is 8.09. The number of carbonyl (C=O) groups is 1. The van der Waals surface area contributed by atoms with Crippen molar-refractivity contribution in [1.29, 1.82) is 0 Å². The van der Waals surface area contributed by atoms with Crippen LogP contribution in [0, 0.1) is 5.92 Å². The van der Waals surface area contributed by atoms with Crippen molar-refractivity contribution in [2.75, 3.05) is 11.4 Å². The summed E-state index contributed by atoms with van der Waals surface area (Å²) in [5.74, 6) is 0.269. The molecule has 1 aromatic carbocycles. The highest BCUT2D eigenvalue weighted by Gasteiger charge is 2.29. The fourth-order valence-electron chi connectivity index (χ4n) is 3.81. The summed E-state index contributed by atoms with van der Waals surface area (Å²) in [6.45, 7) is 11.9.